The molecule has 1 atom stereocenters. The maximum atomic E-state index is 12.8. The van der Waals surface area contributed by atoms with Crippen molar-refractivity contribution in [2.24, 2.45) is 0 Å². The lowest BCUT2D eigenvalue weighted by molar-refractivity contribution is -0.130. The second-order valence-corrected chi connectivity index (χ2v) is 7.47. The van der Waals surface area contributed by atoms with Crippen molar-refractivity contribution in [2.75, 3.05) is 6.54 Å². The molecule has 0 bridgehead atoms. The van der Waals surface area contributed by atoms with Crippen molar-refractivity contribution in [3.63, 3.8) is 0 Å². The van der Waals surface area contributed by atoms with Crippen LogP contribution in [0.1, 0.15) is 27.0 Å². The van der Waals surface area contributed by atoms with Crippen LogP contribution in [-0.4, -0.2) is 35.8 Å². The maximum absolute atomic E-state index is 12.8. The first-order valence-electron chi connectivity index (χ1n) is 8.00. The predicted molar refractivity (Wildman–Crippen MR) is 94.1 cm³/mol. The smallest absolute Gasteiger partial charge is 0.387 e. The van der Waals surface area contributed by atoms with Crippen LogP contribution in [0.4, 0.5) is 13.6 Å². The van der Waals surface area contributed by atoms with Crippen LogP contribution in [0, 0.1) is 6.92 Å². The van der Waals surface area contributed by atoms with E-state index in [-0.39, 0.29) is 18.1 Å². The number of hydrogen-bond acceptors (Lipinski definition) is 5. The first-order valence-corrected chi connectivity index (χ1v) is 8.81. The van der Waals surface area contributed by atoms with Gasteiger partial charge in [-0.3, -0.25) is 14.5 Å². The summed E-state index contributed by atoms with van der Waals surface area (Å²) in [7, 11) is 0. The SMILES string of the molecule is Cc1ccc(C(=O)CN2C(=O)N[C@@](C)(c3ccc(OC(F)F)cc3)C2=O)s1. The molecule has 1 saturated heterocycles. The monoisotopic (exact) mass is 394 g/mol. The zero-order valence-electron chi connectivity index (χ0n) is 14.5. The van der Waals surface area contributed by atoms with Gasteiger partial charge in [-0.25, -0.2) is 4.79 Å². The number of ketones is 1. The molecule has 27 heavy (non-hydrogen) atoms. The van der Waals surface area contributed by atoms with E-state index < -0.39 is 24.1 Å². The third kappa shape index (κ3) is 3.68. The van der Waals surface area contributed by atoms with Gasteiger partial charge in [-0.1, -0.05) is 12.1 Å². The van der Waals surface area contributed by atoms with Crippen molar-refractivity contribution in [1.82, 2.24) is 10.2 Å². The molecule has 3 rings (SSSR count). The van der Waals surface area contributed by atoms with Crippen molar-refractivity contribution < 1.29 is 27.9 Å². The van der Waals surface area contributed by atoms with Crippen LogP contribution < -0.4 is 10.1 Å². The average molecular weight is 394 g/mol. The van der Waals surface area contributed by atoms with Crippen LogP contribution in [0.3, 0.4) is 0 Å². The third-order valence-corrected chi connectivity index (χ3v) is 5.29. The molecule has 1 fully saturated rings. The number of Topliss-reactive ketones (excluding diaryl/α,β-unsaturated/α-hetero) is 1. The van der Waals surface area contributed by atoms with Gasteiger partial charge < -0.3 is 10.1 Å². The Bertz CT molecular complexity index is 897. The third-order valence-electron chi connectivity index (χ3n) is 4.25. The molecule has 1 aromatic heterocycles. The highest BCUT2D eigenvalue weighted by molar-refractivity contribution is 7.14. The molecular weight excluding hydrogens is 378 g/mol. The van der Waals surface area contributed by atoms with Crippen LogP contribution >= 0.6 is 11.3 Å². The Hall–Kier alpha value is -2.81. The van der Waals surface area contributed by atoms with Crippen molar-refractivity contribution in [3.8, 4) is 5.75 Å². The van der Waals surface area contributed by atoms with E-state index in [1.165, 1.54) is 42.5 Å². The largest absolute Gasteiger partial charge is 0.435 e. The van der Waals surface area contributed by atoms with Crippen molar-refractivity contribution in [2.45, 2.75) is 26.0 Å². The summed E-state index contributed by atoms with van der Waals surface area (Å²) in [4.78, 5) is 39.7. The Morgan fingerprint density at radius 3 is 2.44 bits per heavy atom. The fourth-order valence-corrected chi connectivity index (χ4v) is 3.61. The Labute approximate surface area is 157 Å². The van der Waals surface area contributed by atoms with Crippen LogP contribution in [0.15, 0.2) is 36.4 Å². The van der Waals surface area contributed by atoms with Gasteiger partial charge in [0.25, 0.3) is 5.91 Å². The molecule has 0 aliphatic carbocycles. The number of nitrogens with zero attached hydrogens (tertiary/aromatic N) is 1. The number of halogens is 2. The number of alkyl halides is 2. The lowest BCUT2D eigenvalue weighted by Crippen LogP contribution is -2.41. The molecule has 1 aliphatic heterocycles. The topological polar surface area (TPSA) is 75.7 Å². The fraction of sp³-hybridized carbons (Fsp3) is 0.278. The molecule has 2 heterocycles. The normalized spacial score (nSPS) is 19.5. The molecule has 6 nitrogen and oxygen atoms in total. The Morgan fingerprint density at radius 2 is 1.89 bits per heavy atom. The van der Waals surface area contributed by atoms with E-state index in [9.17, 15) is 23.2 Å². The highest BCUT2D eigenvalue weighted by Crippen LogP contribution is 2.30. The number of carbonyl (C=O) groups excluding carboxylic acids is 3. The number of aryl methyl sites for hydroxylation is 1. The van der Waals surface area contributed by atoms with E-state index in [0.29, 0.717) is 10.4 Å². The molecule has 0 unspecified atom stereocenters. The van der Waals surface area contributed by atoms with Gasteiger partial charge >= 0.3 is 12.6 Å². The molecule has 142 valence electrons. The average Bonchev–Trinajstić information content (AvgIpc) is 3.13. The number of ether oxygens (including phenoxy) is 1. The van der Waals surface area contributed by atoms with Gasteiger partial charge in [0.1, 0.15) is 11.3 Å². The van der Waals surface area contributed by atoms with E-state index in [1.54, 1.807) is 12.1 Å². The van der Waals surface area contributed by atoms with Crippen LogP contribution in [-0.2, 0) is 10.3 Å². The second-order valence-electron chi connectivity index (χ2n) is 6.18. The maximum Gasteiger partial charge on any atom is 0.387 e. The molecule has 1 N–H and O–H groups in total. The van der Waals surface area contributed by atoms with Crippen molar-refractivity contribution in [3.05, 3.63) is 51.7 Å². The summed E-state index contributed by atoms with van der Waals surface area (Å²) in [5.41, 5.74) is -1.00. The molecule has 3 amide bonds. The van der Waals surface area contributed by atoms with E-state index in [4.69, 9.17) is 0 Å². The molecular formula is C18H16F2N2O4S. The predicted octanol–water partition coefficient (Wildman–Crippen LogP) is 3.31. The zero-order chi connectivity index (χ0) is 19.8. The fourth-order valence-electron chi connectivity index (χ4n) is 2.81. The minimum absolute atomic E-state index is 0.0609. The summed E-state index contributed by atoms with van der Waals surface area (Å²) in [5.74, 6) is -0.979. The highest BCUT2D eigenvalue weighted by atomic mass is 32.1. The van der Waals surface area contributed by atoms with Gasteiger partial charge in [0.15, 0.2) is 5.78 Å². The highest BCUT2D eigenvalue weighted by Gasteiger charge is 2.49. The number of thiophene rings is 1. The van der Waals surface area contributed by atoms with Gasteiger partial charge in [0.05, 0.1) is 11.4 Å². The van der Waals surface area contributed by atoms with Gasteiger partial charge in [0, 0.05) is 4.88 Å². The summed E-state index contributed by atoms with van der Waals surface area (Å²) >= 11 is 1.29. The number of nitrogens with one attached hydrogen (secondary N) is 1. The van der Waals surface area contributed by atoms with Crippen LogP contribution in [0.25, 0.3) is 0 Å². The molecule has 1 aromatic carbocycles. The van der Waals surface area contributed by atoms with Crippen LogP contribution in [0.2, 0.25) is 0 Å². The summed E-state index contributed by atoms with van der Waals surface area (Å²) in [6.07, 6.45) is 0. The van der Waals surface area contributed by atoms with Crippen LogP contribution in [0.5, 0.6) is 5.75 Å². The Morgan fingerprint density at radius 1 is 1.22 bits per heavy atom. The minimum Gasteiger partial charge on any atom is -0.435 e. The first kappa shape index (κ1) is 19.0. The molecule has 2 aromatic rings. The number of carbonyl (C=O) groups is 3. The zero-order valence-corrected chi connectivity index (χ0v) is 15.3. The van der Waals surface area contributed by atoms with E-state index >= 15 is 0 Å². The Kier molecular flexibility index (Phi) is 4.97. The number of benzene rings is 1. The second kappa shape index (κ2) is 7.07. The van der Waals surface area contributed by atoms with Crippen molar-refractivity contribution >= 4 is 29.1 Å². The van der Waals surface area contributed by atoms with E-state index in [0.717, 1.165) is 9.78 Å². The number of hydrogen-bond donors (Lipinski definition) is 1. The van der Waals surface area contributed by atoms with Gasteiger partial charge in [-0.2, -0.15) is 8.78 Å². The lowest BCUT2D eigenvalue weighted by atomic mass is 9.92. The molecule has 0 spiro atoms. The summed E-state index contributed by atoms with van der Waals surface area (Å²) in [6, 6.07) is 8.17. The van der Waals surface area contributed by atoms with E-state index in [1.807, 2.05) is 6.92 Å². The number of urea groups is 1. The lowest BCUT2D eigenvalue weighted by Gasteiger charge is -2.22. The Balaban J connectivity index is 1.78. The molecule has 0 saturated carbocycles. The first-order chi connectivity index (χ1) is 12.7. The van der Waals surface area contributed by atoms with E-state index in [2.05, 4.69) is 10.1 Å². The quantitative estimate of drug-likeness (QED) is 0.603. The summed E-state index contributed by atoms with van der Waals surface area (Å²) in [5, 5.41) is 2.57. The van der Waals surface area contributed by atoms with Gasteiger partial charge in [-0.15, -0.1) is 11.3 Å². The number of imide groups is 1. The van der Waals surface area contributed by atoms with Gasteiger partial charge in [-0.05, 0) is 43.7 Å². The molecule has 1 aliphatic rings. The standard InChI is InChI=1S/C18H16F2N2O4S/c1-10-3-8-14(27-10)13(23)9-22-15(24)18(2,21-17(22)25)11-4-6-12(7-5-11)26-16(19)20/h3-8,16H,9H2,1-2H3,(H,21,25)/t18-/m0/s1. The number of amides is 3. The number of rotatable bonds is 6. The summed E-state index contributed by atoms with van der Waals surface area (Å²) in [6.45, 7) is 0.0257. The summed E-state index contributed by atoms with van der Waals surface area (Å²) < 4.78 is 28.8. The molecule has 0 radical (unpaired) electrons. The minimum atomic E-state index is -2.96. The molecule has 9 heteroatoms. The van der Waals surface area contributed by atoms with Gasteiger partial charge in [0.2, 0.25) is 0 Å². The van der Waals surface area contributed by atoms with Crippen molar-refractivity contribution in [1.29, 1.82) is 0 Å².